The highest BCUT2D eigenvalue weighted by Crippen LogP contribution is 2.12. The molecule has 16 heavy (non-hydrogen) atoms. The van der Waals surface area contributed by atoms with Gasteiger partial charge in [0.25, 0.3) is 5.91 Å². The zero-order valence-corrected chi connectivity index (χ0v) is 9.78. The van der Waals surface area contributed by atoms with Gasteiger partial charge in [-0.15, -0.1) is 0 Å². The molecule has 0 saturated heterocycles. The van der Waals surface area contributed by atoms with Crippen molar-refractivity contribution in [1.29, 1.82) is 0 Å². The van der Waals surface area contributed by atoms with Crippen LogP contribution in [0.15, 0.2) is 24.3 Å². The van der Waals surface area contributed by atoms with Gasteiger partial charge in [0.1, 0.15) is 11.4 Å². The molecule has 0 unspecified atom stereocenters. The van der Waals surface area contributed by atoms with E-state index in [0.29, 0.717) is 6.54 Å². The van der Waals surface area contributed by atoms with Crippen LogP contribution in [0.4, 0.5) is 0 Å². The fourth-order valence-electron chi connectivity index (χ4n) is 1.18. The molecule has 2 N–H and O–H groups in total. The molecule has 0 aliphatic rings. The Bertz CT molecular complexity index is 369. The van der Waals surface area contributed by atoms with Crippen molar-refractivity contribution in [3.8, 4) is 5.75 Å². The van der Waals surface area contributed by atoms with Gasteiger partial charge in [0, 0.05) is 6.54 Å². The van der Waals surface area contributed by atoms with Crippen molar-refractivity contribution in [2.24, 2.45) is 0 Å². The van der Waals surface area contributed by atoms with Crippen molar-refractivity contribution in [3.63, 3.8) is 0 Å². The zero-order chi connectivity index (χ0) is 12.2. The van der Waals surface area contributed by atoms with E-state index < -0.39 is 11.5 Å². The van der Waals surface area contributed by atoms with Crippen LogP contribution in [-0.4, -0.2) is 23.7 Å². The van der Waals surface area contributed by atoms with Crippen LogP contribution >= 0.6 is 0 Å². The molecule has 0 radical (unpaired) electrons. The van der Waals surface area contributed by atoms with E-state index in [2.05, 4.69) is 5.32 Å². The van der Waals surface area contributed by atoms with Crippen LogP contribution in [0.3, 0.4) is 0 Å². The van der Waals surface area contributed by atoms with Gasteiger partial charge < -0.3 is 15.2 Å². The van der Waals surface area contributed by atoms with Gasteiger partial charge in [-0.3, -0.25) is 4.79 Å². The summed E-state index contributed by atoms with van der Waals surface area (Å²) in [4.78, 5) is 11.4. The van der Waals surface area contributed by atoms with E-state index in [9.17, 15) is 9.90 Å². The summed E-state index contributed by atoms with van der Waals surface area (Å²) < 4.78 is 5.07. The summed E-state index contributed by atoms with van der Waals surface area (Å²) in [5.74, 6) is 0.352. The van der Waals surface area contributed by atoms with Gasteiger partial charge in [-0.25, -0.2) is 0 Å². The number of hydrogen-bond donors (Lipinski definition) is 2. The largest absolute Gasteiger partial charge is 0.497 e. The van der Waals surface area contributed by atoms with Gasteiger partial charge in [-0.2, -0.15) is 0 Å². The molecule has 0 aliphatic heterocycles. The second-order valence-corrected chi connectivity index (χ2v) is 4.09. The van der Waals surface area contributed by atoms with Crippen molar-refractivity contribution in [2.45, 2.75) is 26.0 Å². The Kier molecular flexibility index (Phi) is 3.90. The Morgan fingerprint density at radius 1 is 1.50 bits per heavy atom. The van der Waals surface area contributed by atoms with Crippen molar-refractivity contribution in [1.82, 2.24) is 5.32 Å². The number of ether oxygens (including phenoxy) is 1. The first-order valence-corrected chi connectivity index (χ1v) is 5.07. The topological polar surface area (TPSA) is 58.6 Å². The maximum atomic E-state index is 11.4. The van der Waals surface area contributed by atoms with Crippen LogP contribution < -0.4 is 10.1 Å². The molecule has 0 aliphatic carbocycles. The van der Waals surface area contributed by atoms with E-state index in [-0.39, 0.29) is 0 Å². The van der Waals surface area contributed by atoms with Crippen LogP contribution in [0.1, 0.15) is 19.4 Å². The molecule has 0 bridgehead atoms. The van der Waals surface area contributed by atoms with Gasteiger partial charge >= 0.3 is 0 Å². The lowest BCUT2D eigenvalue weighted by Gasteiger charge is -2.16. The minimum absolute atomic E-state index is 0.375. The quantitative estimate of drug-likeness (QED) is 0.803. The molecule has 0 saturated carbocycles. The molecule has 4 heteroatoms. The number of carbonyl (C=O) groups excluding carboxylic acids is 1. The molecule has 1 aromatic rings. The van der Waals surface area contributed by atoms with Gasteiger partial charge in [0.2, 0.25) is 0 Å². The second-order valence-electron chi connectivity index (χ2n) is 4.09. The first-order valence-electron chi connectivity index (χ1n) is 5.07. The molecular weight excluding hydrogens is 206 g/mol. The monoisotopic (exact) mass is 223 g/mol. The Hall–Kier alpha value is -1.55. The van der Waals surface area contributed by atoms with Crippen LogP contribution in [0.25, 0.3) is 0 Å². The Morgan fingerprint density at radius 2 is 2.19 bits per heavy atom. The predicted molar refractivity (Wildman–Crippen MR) is 61.1 cm³/mol. The predicted octanol–water partition coefficient (Wildman–Crippen LogP) is 1.08. The second kappa shape index (κ2) is 4.99. The van der Waals surface area contributed by atoms with Crippen molar-refractivity contribution < 1.29 is 14.6 Å². The summed E-state index contributed by atoms with van der Waals surface area (Å²) in [5, 5.41) is 12.1. The maximum absolute atomic E-state index is 11.4. The summed E-state index contributed by atoms with van der Waals surface area (Å²) in [6.45, 7) is 3.28. The third kappa shape index (κ3) is 3.55. The number of hydrogen-bond acceptors (Lipinski definition) is 3. The highest BCUT2D eigenvalue weighted by molar-refractivity contribution is 5.83. The van der Waals surface area contributed by atoms with Gasteiger partial charge in [0.15, 0.2) is 0 Å². The number of rotatable bonds is 4. The molecule has 1 aromatic carbocycles. The lowest BCUT2D eigenvalue weighted by atomic mass is 10.1. The van der Waals surface area contributed by atoms with Crippen LogP contribution in [0.5, 0.6) is 5.75 Å². The molecule has 0 heterocycles. The molecule has 4 nitrogen and oxygen atoms in total. The first kappa shape index (κ1) is 12.5. The molecule has 0 atom stereocenters. The standard InChI is InChI=1S/C12H17NO3/c1-12(2,15)11(14)13-8-9-5-4-6-10(7-9)16-3/h4-7,15H,8H2,1-3H3,(H,13,14). The molecular formula is C12H17NO3. The highest BCUT2D eigenvalue weighted by atomic mass is 16.5. The van der Waals surface area contributed by atoms with E-state index in [4.69, 9.17) is 4.74 Å². The van der Waals surface area contributed by atoms with Crippen LogP contribution in [0, 0.1) is 0 Å². The molecule has 88 valence electrons. The fraction of sp³-hybridized carbons (Fsp3) is 0.417. The minimum atomic E-state index is -1.35. The van der Waals surface area contributed by atoms with Gasteiger partial charge in [0.05, 0.1) is 7.11 Å². The Labute approximate surface area is 95.2 Å². The smallest absolute Gasteiger partial charge is 0.251 e. The molecule has 1 amide bonds. The molecule has 0 fully saturated rings. The van der Waals surface area contributed by atoms with Crippen molar-refractivity contribution >= 4 is 5.91 Å². The maximum Gasteiger partial charge on any atom is 0.251 e. The summed E-state index contributed by atoms with van der Waals surface area (Å²) in [5.41, 5.74) is -0.421. The van der Waals surface area contributed by atoms with Crippen LogP contribution in [0.2, 0.25) is 0 Å². The SMILES string of the molecule is COc1cccc(CNC(=O)C(C)(C)O)c1. The van der Waals surface area contributed by atoms with E-state index in [1.54, 1.807) is 7.11 Å². The molecule has 1 rings (SSSR count). The summed E-state index contributed by atoms with van der Waals surface area (Å²) in [7, 11) is 1.59. The van der Waals surface area contributed by atoms with Crippen molar-refractivity contribution in [3.05, 3.63) is 29.8 Å². The van der Waals surface area contributed by atoms with E-state index >= 15 is 0 Å². The number of nitrogens with one attached hydrogen (secondary N) is 1. The third-order valence-corrected chi connectivity index (χ3v) is 2.14. The minimum Gasteiger partial charge on any atom is -0.497 e. The number of benzene rings is 1. The fourth-order valence-corrected chi connectivity index (χ4v) is 1.18. The zero-order valence-electron chi connectivity index (χ0n) is 9.78. The van der Waals surface area contributed by atoms with Gasteiger partial charge in [-0.05, 0) is 31.5 Å². The summed E-state index contributed by atoms with van der Waals surface area (Å²) in [6.07, 6.45) is 0. The average Bonchev–Trinajstić information content (AvgIpc) is 2.25. The summed E-state index contributed by atoms with van der Waals surface area (Å²) >= 11 is 0. The lowest BCUT2D eigenvalue weighted by molar-refractivity contribution is -0.136. The average molecular weight is 223 g/mol. The normalized spacial score (nSPS) is 11.0. The number of aliphatic hydroxyl groups is 1. The number of amides is 1. The van der Waals surface area contributed by atoms with Crippen molar-refractivity contribution in [2.75, 3.05) is 7.11 Å². The lowest BCUT2D eigenvalue weighted by Crippen LogP contribution is -2.41. The highest BCUT2D eigenvalue weighted by Gasteiger charge is 2.22. The third-order valence-electron chi connectivity index (χ3n) is 2.14. The number of methoxy groups -OCH3 is 1. The first-order chi connectivity index (χ1) is 7.43. The van der Waals surface area contributed by atoms with E-state index in [0.717, 1.165) is 11.3 Å². The van der Waals surface area contributed by atoms with Crippen LogP contribution in [-0.2, 0) is 11.3 Å². The molecule has 0 aromatic heterocycles. The number of carbonyl (C=O) groups is 1. The Balaban J connectivity index is 2.58. The Morgan fingerprint density at radius 3 is 2.75 bits per heavy atom. The molecule has 0 spiro atoms. The van der Waals surface area contributed by atoms with E-state index in [1.807, 2.05) is 24.3 Å². The summed E-state index contributed by atoms with van der Waals surface area (Å²) in [6, 6.07) is 7.41. The van der Waals surface area contributed by atoms with Gasteiger partial charge in [-0.1, -0.05) is 12.1 Å². The van der Waals surface area contributed by atoms with E-state index in [1.165, 1.54) is 13.8 Å².